The molecular weight excluding hydrogens is 370 g/mol. The number of carboxylic acids is 1. The number of methoxy groups -OCH3 is 1. The van der Waals surface area contributed by atoms with E-state index < -0.39 is 11.4 Å². The van der Waals surface area contributed by atoms with Gasteiger partial charge in [0.2, 0.25) is 5.91 Å². The fourth-order valence-corrected chi connectivity index (χ4v) is 3.76. The Labute approximate surface area is 171 Å². The highest BCUT2D eigenvalue weighted by molar-refractivity contribution is 5.82. The SMILES string of the molecule is COc1ccc(OCCCC(=O)N2CCC(C(=O)O)(c3ccccc3)CC2)cc1. The average molecular weight is 397 g/mol. The van der Waals surface area contributed by atoms with Crippen LogP contribution < -0.4 is 9.47 Å². The quantitative estimate of drug-likeness (QED) is 0.690. The van der Waals surface area contributed by atoms with Crippen LogP contribution in [0.15, 0.2) is 54.6 Å². The molecule has 1 N–H and O–H groups in total. The predicted octanol–water partition coefficient (Wildman–Crippen LogP) is 3.50. The standard InChI is InChI=1S/C23H27NO5/c1-28-19-9-11-20(12-10-19)29-17-5-8-21(25)24-15-13-23(14-16-24,22(26)27)18-6-3-2-4-7-18/h2-4,6-7,9-12H,5,8,13-17H2,1H3,(H,26,27). The van der Waals surface area contributed by atoms with Gasteiger partial charge in [0.15, 0.2) is 0 Å². The van der Waals surface area contributed by atoms with Gasteiger partial charge < -0.3 is 19.5 Å². The Hall–Kier alpha value is -3.02. The van der Waals surface area contributed by atoms with E-state index in [1.165, 1.54) is 0 Å². The molecule has 0 radical (unpaired) electrons. The number of carbonyl (C=O) groups excluding carboxylic acids is 1. The van der Waals surface area contributed by atoms with Crippen molar-refractivity contribution < 1.29 is 24.2 Å². The van der Waals surface area contributed by atoms with E-state index in [1.54, 1.807) is 12.0 Å². The van der Waals surface area contributed by atoms with Gasteiger partial charge in [-0.05, 0) is 49.1 Å². The number of likely N-dealkylation sites (tertiary alicyclic amines) is 1. The molecule has 1 heterocycles. The molecule has 1 aliphatic rings. The molecule has 6 heteroatoms. The summed E-state index contributed by atoms with van der Waals surface area (Å²) in [5.41, 5.74) is -0.0947. The fourth-order valence-electron chi connectivity index (χ4n) is 3.76. The summed E-state index contributed by atoms with van der Waals surface area (Å²) in [6, 6.07) is 16.7. The number of carbonyl (C=O) groups is 2. The summed E-state index contributed by atoms with van der Waals surface area (Å²) in [5.74, 6) is 0.745. The summed E-state index contributed by atoms with van der Waals surface area (Å²) in [4.78, 5) is 26.3. The van der Waals surface area contributed by atoms with E-state index >= 15 is 0 Å². The lowest BCUT2D eigenvalue weighted by molar-refractivity contribution is -0.148. The molecule has 2 aromatic rings. The Balaban J connectivity index is 1.46. The summed E-state index contributed by atoms with van der Waals surface area (Å²) in [6.07, 6.45) is 1.87. The largest absolute Gasteiger partial charge is 0.497 e. The predicted molar refractivity (Wildman–Crippen MR) is 109 cm³/mol. The molecule has 1 amide bonds. The minimum absolute atomic E-state index is 0.0513. The molecule has 1 fully saturated rings. The van der Waals surface area contributed by atoms with E-state index in [-0.39, 0.29) is 5.91 Å². The van der Waals surface area contributed by atoms with Crippen LogP contribution in [0.2, 0.25) is 0 Å². The van der Waals surface area contributed by atoms with Crippen LogP contribution in [0.1, 0.15) is 31.2 Å². The maximum Gasteiger partial charge on any atom is 0.314 e. The molecule has 6 nitrogen and oxygen atoms in total. The second kappa shape index (κ2) is 9.45. The summed E-state index contributed by atoms with van der Waals surface area (Å²) < 4.78 is 10.8. The van der Waals surface area contributed by atoms with Gasteiger partial charge in [-0.15, -0.1) is 0 Å². The third-order valence-corrected chi connectivity index (χ3v) is 5.57. The third-order valence-electron chi connectivity index (χ3n) is 5.57. The minimum atomic E-state index is -0.907. The Kier molecular flexibility index (Phi) is 6.75. The van der Waals surface area contributed by atoms with Crippen LogP contribution in [0.4, 0.5) is 0 Å². The molecule has 0 unspecified atom stereocenters. The van der Waals surface area contributed by atoms with Gasteiger partial charge >= 0.3 is 5.97 Å². The highest BCUT2D eigenvalue weighted by Gasteiger charge is 2.43. The van der Waals surface area contributed by atoms with Crippen molar-refractivity contribution in [3.05, 3.63) is 60.2 Å². The van der Waals surface area contributed by atoms with E-state index in [9.17, 15) is 14.7 Å². The van der Waals surface area contributed by atoms with Crippen molar-refractivity contribution in [2.75, 3.05) is 26.8 Å². The zero-order chi connectivity index (χ0) is 20.7. The molecular formula is C23H27NO5. The van der Waals surface area contributed by atoms with Crippen molar-refractivity contribution in [1.29, 1.82) is 0 Å². The first-order valence-electron chi connectivity index (χ1n) is 9.89. The summed E-state index contributed by atoms with van der Waals surface area (Å²) in [6.45, 7) is 1.37. The number of aliphatic carboxylic acids is 1. The second-order valence-corrected chi connectivity index (χ2v) is 7.26. The number of hydrogen-bond donors (Lipinski definition) is 1. The van der Waals surface area contributed by atoms with Crippen LogP contribution in [-0.4, -0.2) is 48.7 Å². The van der Waals surface area contributed by atoms with Gasteiger partial charge in [0.25, 0.3) is 0 Å². The van der Waals surface area contributed by atoms with Crippen LogP contribution in [0.25, 0.3) is 0 Å². The Morgan fingerprint density at radius 1 is 1.00 bits per heavy atom. The van der Waals surface area contributed by atoms with Crippen LogP contribution in [0.5, 0.6) is 11.5 Å². The zero-order valence-corrected chi connectivity index (χ0v) is 16.7. The van der Waals surface area contributed by atoms with Gasteiger partial charge in [0.1, 0.15) is 11.5 Å². The first-order chi connectivity index (χ1) is 14.0. The minimum Gasteiger partial charge on any atom is -0.497 e. The van der Waals surface area contributed by atoms with Gasteiger partial charge in [-0.1, -0.05) is 30.3 Å². The number of nitrogens with zero attached hydrogens (tertiary/aromatic N) is 1. The van der Waals surface area contributed by atoms with E-state index in [1.807, 2.05) is 54.6 Å². The number of hydrogen-bond acceptors (Lipinski definition) is 4. The lowest BCUT2D eigenvalue weighted by atomic mass is 9.73. The Morgan fingerprint density at radius 3 is 2.21 bits per heavy atom. The number of amides is 1. The fraction of sp³-hybridized carbons (Fsp3) is 0.391. The number of carboxylic acid groups (broad SMARTS) is 1. The lowest BCUT2D eigenvalue weighted by Crippen LogP contribution is -2.49. The van der Waals surface area contributed by atoms with Crippen molar-refractivity contribution in [3.63, 3.8) is 0 Å². The van der Waals surface area contributed by atoms with Gasteiger partial charge in [-0.3, -0.25) is 9.59 Å². The number of ether oxygens (including phenoxy) is 2. The van der Waals surface area contributed by atoms with Gasteiger partial charge in [0.05, 0.1) is 19.1 Å². The molecule has 0 saturated carbocycles. The van der Waals surface area contributed by atoms with Crippen molar-refractivity contribution in [3.8, 4) is 11.5 Å². The van der Waals surface area contributed by atoms with Crippen LogP contribution in [0, 0.1) is 0 Å². The molecule has 0 spiro atoms. The Bertz CT molecular complexity index is 811. The summed E-state index contributed by atoms with van der Waals surface area (Å²) >= 11 is 0. The van der Waals surface area contributed by atoms with Crippen molar-refractivity contribution >= 4 is 11.9 Å². The number of piperidine rings is 1. The number of rotatable bonds is 8. The first kappa shape index (κ1) is 20.7. The molecule has 154 valence electrons. The third kappa shape index (κ3) is 4.88. The van der Waals surface area contributed by atoms with Gasteiger partial charge in [0, 0.05) is 19.5 Å². The van der Waals surface area contributed by atoms with Crippen LogP contribution >= 0.6 is 0 Å². The molecule has 29 heavy (non-hydrogen) atoms. The van der Waals surface area contributed by atoms with Crippen LogP contribution in [0.3, 0.4) is 0 Å². The molecule has 3 rings (SSSR count). The van der Waals surface area contributed by atoms with E-state index in [0.717, 1.165) is 17.1 Å². The highest BCUT2D eigenvalue weighted by Crippen LogP contribution is 2.36. The molecule has 0 aliphatic carbocycles. The van der Waals surface area contributed by atoms with Gasteiger partial charge in [-0.2, -0.15) is 0 Å². The van der Waals surface area contributed by atoms with E-state index in [2.05, 4.69) is 0 Å². The van der Waals surface area contributed by atoms with Crippen molar-refractivity contribution in [2.45, 2.75) is 31.1 Å². The maximum absolute atomic E-state index is 12.5. The monoisotopic (exact) mass is 397 g/mol. The van der Waals surface area contributed by atoms with E-state index in [4.69, 9.17) is 9.47 Å². The van der Waals surface area contributed by atoms with Crippen molar-refractivity contribution in [1.82, 2.24) is 4.90 Å². The maximum atomic E-state index is 12.5. The Morgan fingerprint density at radius 2 is 1.62 bits per heavy atom. The second-order valence-electron chi connectivity index (χ2n) is 7.26. The lowest BCUT2D eigenvalue weighted by Gasteiger charge is -2.39. The molecule has 1 saturated heterocycles. The summed E-state index contributed by atoms with van der Waals surface area (Å²) in [7, 11) is 1.61. The summed E-state index contributed by atoms with van der Waals surface area (Å²) in [5, 5.41) is 9.85. The topological polar surface area (TPSA) is 76.1 Å². The molecule has 0 atom stereocenters. The van der Waals surface area contributed by atoms with Gasteiger partial charge in [-0.25, -0.2) is 0 Å². The normalized spacial score (nSPS) is 15.6. The van der Waals surface area contributed by atoms with Crippen LogP contribution in [-0.2, 0) is 15.0 Å². The molecule has 2 aromatic carbocycles. The smallest absolute Gasteiger partial charge is 0.314 e. The highest BCUT2D eigenvalue weighted by atomic mass is 16.5. The first-order valence-corrected chi connectivity index (χ1v) is 9.89. The molecule has 1 aliphatic heterocycles. The molecule has 0 bridgehead atoms. The zero-order valence-electron chi connectivity index (χ0n) is 16.7. The van der Waals surface area contributed by atoms with E-state index in [0.29, 0.717) is 45.4 Å². The molecule has 0 aromatic heterocycles. The number of benzene rings is 2. The van der Waals surface area contributed by atoms with Crippen molar-refractivity contribution in [2.24, 2.45) is 0 Å². The average Bonchev–Trinajstić information content (AvgIpc) is 2.77.